The van der Waals surface area contributed by atoms with Gasteiger partial charge in [-0.05, 0) is 43.7 Å². The van der Waals surface area contributed by atoms with Crippen LogP contribution in [-0.2, 0) is 4.79 Å². The highest BCUT2D eigenvalue weighted by Crippen LogP contribution is 2.38. The summed E-state index contributed by atoms with van der Waals surface area (Å²) in [5.41, 5.74) is 3.78. The topological polar surface area (TPSA) is 32.3 Å². The van der Waals surface area contributed by atoms with E-state index in [4.69, 9.17) is 0 Å². The van der Waals surface area contributed by atoms with Gasteiger partial charge in [-0.1, -0.05) is 43.5 Å². The van der Waals surface area contributed by atoms with Gasteiger partial charge in [-0.15, -0.1) is 0 Å². The van der Waals surface area contributed by atoms with Gasteiger partial charge in [-0.3, -0.25) is 10.1 Å². The van der Waals surface area contributed by atoms with Crippen molar-refractivity contribution in [3.05, 3.63) is 34.9 Å². The summed E-state index contributed by atoms with van der Waals surface area (Å²) in [6, 6.07) is 6.91. The molecule has 0 aromatic heterocycles. The van der Waals surface area contributed by atoms with Gasteiger partial charge < -0.3 is 4.90 Å². The first-order valence-electron chi connectivity index (χ1n) is 8.21. The van der Waals surface area contributed by atoms with Crippen molar-refractivity contribution in [1.29, 1.82) is 0 Å². The number of carbonyl (C=O) groups is 1. The summed E-state index contributed by atoms with van der Waals surface area (Å²) in [5, 5.41) is 3.43. The summed E-state index contributed by atoms with van der Waals surface area (Å²) in [4.78, 5) is 14.5. The van der Waals surface area contributed by atoms with E-state index in [1.165, 1.54) is 36.0 Å². The molecule has 1 aliphatic carbocycles. The maximum absolute atomic E-state index is 12.4. The summed E-state index contributed by atoms with van der Waals surface area (Å²) < 4.78 is 0. The second-order valence-electron chi connectivity index (χ2n) is 6.69. The van der Waals surface area contributed by atoms with Gasteiger partial charge in [0, 0.05) is 6.04 Å². The van der Waals surface area contributed by atoms with E-state index in [9.17, 15) is 4.79 Å². The van der Waals surface area contributed by atoms with E-state index in [0.717, 1.165) is 12.3 Å². The molecule has 3 rings (SSSR count). The number of hydrogen-bond acceptors (Lipinski definition) is 2. The lowest BCUT2D eigenvalue weighted by molar-refractivity contribution is -0.130. The lowest BCUT2D eigenvalue weighted by Crippen LogP contribution is -2.40. The van der Waals surface area contributed by atoms with Gasteiger partial charge in [0.05, 0.1) is 6.54 Å². The van der Waals surface area contributed by atoms with Crippen molar-refractivity contribution in [2.24, 2.45) is 5.92 Å². The van der Waals surface area contributed by atoms with E-state index in [-0.39, 0.29) is 12.1 Å². The van der Waals surface area contributed by atoms with Crippen molar-refractivity contribution in [3.8, 4) is 0 Å². The Kier molecular flexibility index (Phi) is 4.03. The number of amides is 1. The molecule has 1 aromatic carbocycles. The third-order valence-corrected chi connectivity index (χ3v) is 4.91. The van der Waals surface area contributed by atoms with Crippen LogP contribution < -0.4 is 5.32 Å². The van der Waals surface area contributed by atoms with Crippen molar-refractivity contribution >= 4 is 5.91 Å². The summed E-state index contributed by atoms with van der Waals surface area (Å²) in [6.07, 6.45) is 4.97. The highest BCUT2D eigenvalue weighted by Gasteiger charge is 2.38. The summed E-state index contributed by atoms with van der Waals surface area (Å²) >= 11 is 0. The van der Waals surface area contributed by atoms with Gasteiger partial charge in [-0.25, -0.2) is 0 Å². The van der Waals surface area contributed by atoms with E-state index in [1.54, 1.807) is 0 Å². The lowest BCUT2D eigenvalue weighted by atomic mass is 10.00. The molecule has 1 amide bonds. The molecule has 3 nitrogen and oxygen atoms in total. The fraction of sp³-hybridized carbons (Fsp3) is 0.611. The molecule has 0 radical (unpaired) electrons. The third-order valence-electron chi connectivity index (χ3n) is 4.91. The molecule has 0 bridgehead atoms. The molecule has 2 unspecified atom stereocenters. The number of carbonyl (C=O) groups excluding carboxylic acids is 1. The number of hydrogen-bond donors (Lipinski definition) is 1. The molecule has 1 N–H and O–H groups in total. The Bertz CT molecular complexity index is 536. The van der Waals surface area contributed by atoms with Gasteiger partial charge in [0.2, 0.25) is 5.91 Å². The molecular weight excluding hydrogens is 260 g/mol. The quantitative estimate of drug-likeness (QED) is 0.900. The molecule has 2 fully saturated rings. The van der Waals surface area contributed by atoms with Crippen LogP contribution in [0.25, 0.3) is 0 Å². The Labute approximate surface area is 127 Å². The standard InChI is InChI=1S/C18H26N2O/c1-4-15(10-14-7-8-14)20-17(21)11-19-18(20)16-9-12(2)5-6-13(16)3/h5-6,9,14-15,18-19H,4,7-8,10-11H2,1-3H3. The van der Waals surface area contributed by atoms with Crippen LogP contribution in [0.3, 0.4) is 0 Å². The van der Waals surface area contributed by atoms with Crippen LogP contribution in [0, 0.1) is 19.8 Å². The van der Waals surface area contributed by atoms with Gasteiger partial charge in [0.25, 0.3) is 0 Å². The average Bonchev–Trinajstić information content (AvgIpc) is 3.21. The molecule has 3 heteroatoms. The third kappa shape index (κ3) is 2.98. The second-order valence-corrected chi connectivity index (χ2v) is 6.69. The molecule has 21 heavy (non-hydrogen) atoms. The second kappa shape index (κ2) is 5.80. The first-order chi connectivity index (χ1) is 10.1. The molecule has 1 saturated heterocycles. The zero-order valence-corrected chi connectivity index (χ0v) is 13.4. The normalized spacial score (nSPS) is 23.7. The van der Waals surface area contributed by atoms with Crippen molar-refractivity contribution in [2.75, 3.05) is 6.54 Å². The first kappa shape index (κ1) is 14.6. The van der Waals surface area contributed by atoms with Crippen molar-refractivity contribution in [2.45, 2.75) is 58.7 Å². The van der Waals surface area contributed by atoms with Crippen LogP contribution in [-0.4, -0.2) is 23.4 Å². The maximum Gasteiger partial charge on any atom is 0.238 e. The summed E-state index contributed by atoms with van der Waals surface area (Å²) in [6.45, 7) is 6.93. The van der Waals surface area contributed by atoms with E-state index >= 15 is 0 Å². The highest BCUT2D eigenvalue weighted by atomic mass is 16.2. The van der Waals surface area contributed by atoms with Crippen LogP contribution >= 0.6 is 0 Å². The van der Waals surface area contributed by atoms with Gasteiger partial charge in [0.1, 0.15) is 6.17 Å². The zero-order chi connectivity index (χ0) is 15.0. The number of nitrogens with one attached hydrogen (secondary N) is 1. The maximum atomic E-state index is 12.4. The first-order valence-corrected chi connectivity index (χ1v) is 8.21. The molecule has 2 aliphatic rings. The van der Waals surface area contributed by atoms with Crippen molar-refractivity contribution in [1.82, 2.24) is 10.2 Å². The Morgan fingerprint density at radius 3 is 2.76 bits per heavy atom. The van der Waals surface area contributed by atoms with Crippen LogP contribution in [0.2, 0.25) is 0 Å². The Balaban J connectivity index is 1.88. The highest BCUT2D eigenvalue weighted by molar-refractivity contribution is 5.81. The van der Waals surface area contributed by atoms with E-state index in [2.05, 4.69) is 49.2 Å². The molecule has 1 aromatic rings. The zero-order valence-electron chi connectivity index (χ0n) is 13.4. The van der Waals surface area contributed by atoms with Gasteiger partial charge in [0.15, 0.2) is 0 Å². The minimum Gasteiger partial charge on any atom is -0.319 e. The van der Waals surface area contributed by atoms with Gasteiger partial charge in [-0.2, -0.15) is 0 Å². The number of aryl methyl sites for hydroxylation is 2. The predicted octanol–water partition coefficient (Wildman–Crippen LogP) is 3.31. The lowest BCUT2D eigenvalue weighted by Gasteiger charge is -2.33. The summed E-state index contributed by atoms with van der Waals surface area (Å²) in [5.74, 6) is 1.11. The van der Waals surface area contributed by atoms with E-state index < -0.39 is 0 Å². The predicted molar refractivity (Wildman–Crippen MR) is 84.9 cm³/mol. The molecule has 1 heterocycles. The fourth-order valence-corrected chi connectivity index (χ4v) is 3.46. The minimum absolute atomic E-state index is 0.0566. The molecule has 2 atom stereocenters. The minimum atomic E-state index is 0.0566. The van der Waals surface area contributed by atoms with E-state index in [1.807, 2.05) is 0 Å². The van der Waals surface area contributed by atoms with Crippen LogP contribution in [0.4, 0.5) is 0 Å². The molecule has 114 valence electrons. The van der Waals surface area contributed by atoms with Crippen LogP contribution in [0.5, 0.6) is 0 Å². The SMILES string of the molecule is CCC(CC1CC1)N1C(=O)CNC1c1cc(C)ccc1C. The Morgan fingerprint density at radius 2 is 2.10 bits per heavy atom. The number of nitrogens with zero attached hydrogens (tertiary/aromatic N) is 1. The smallest absolute Gasteiger partial charge is 0.238 e. The fourth-order valence-electron chi connectivity index (χ4n) is 3.46. The largest absolute Gasteiger partial charge is 0.319 e. The van der Waals surface area contributed by atoms with Crippen LogP contribution in [0.1, 0.15) is 55.5 Å². The molecule has 0 spiro atoms. The van der Waals surface area contributed by atoms with E-state index in [0.29, 0.717) is 12.6 Å². The van der Waals surface area contributed by atoms with Gasteiger partial charge >= 0.3 is 0 Å². The number of benzene rings is 1. The summed E-state index contributed by atoms with van der Waals surface area (Å²) in [7, 11) is 0. The molecular formula is C18H26N2O. The van der Waals surface area contributed by atoms with Crippen molar-refractivity contribution in [3.63, 3.8) is 0 Å². The van der Waals surface area contributed by atoms with Crippen LogP contribution in [0.15, 0.2) is 18.2 Å². The van der Waals surface area contributed by atoms with Crippen molar-refractivity contribution < 1.29 is 4.79 Å². The molecule has 1 aliphatic heterocycles. The number of rotatable bonds is 5. The Hall–Kier alpha value is -1.35. The monoisotopic (exact) mass is 286 g/mol. The Morgan fingerprint density at radius 1 is 1.33 bits per heavy atom. The average molecular weight is 286 g/mol. The molecule has 1 saturated carbocycles.